The first-order valence-electron chi connectivity index (χ1n) is 4.73. The van der Waals surface area contributed by atoms with Crippen LogP contribution in [0.3, 0.4) is 0 Å². The maximum atomic E-state index is 11.2. The Balaban J connectivity index is 3.98. The van der Waals surface area contributed by atoms with Crippen molar-refractivity contribution in [2.75, 3.05) is 13.7 Å². The summed E-state index contributed by atoms with van der Waals surface area (Å²) in [6, 6.07) is -0.840. The number of hydrogen-bond donors (Lipinski definition) is 2. The molecule has 0 aromatic rings. The second-order valence-electron chi connectivity index (χ2n) is 3.07. The average molecular weight is 215 g/mol. The van der Waals surface area contributed by atoms with Gasteiger partial charge in [-0.3, -0.25) is 4.79 Å². The molecule has 0 fully saturated rings. The molecule has 0 aliphatic rings. The molecule has 0 saturated heterocycles. The van der Waals surface area contributed by atoms with Gasteiger partial charge in [0.2, 0.25) is 5.91 Å². The average Bonchev–Trinajstić information content (AvgIpc) is 2.20. The van der Waals surface area contributed by atoms with E-state index in [1.165, 1.54) is 7.11 Å². The van der Waals surface area contributed by atoms with E-state index in [-0.39, 0.29) is 12.3 Å². The fourth-order valence-corrected chi connectivity index (χ4v) is 1.00. The number of carboxylic acid groups (broad SMARTS) is 1. The number of rotatable bonds is 8. The number of methoxy groups -OCH3 is 1. The predicted molar refractivity (Wildman–Crippen MR) is 55.5 cm³/mol. The van der Waals surface area contributed by atoms with E-state index < -0.39 is 12.0 Å². The SMILES string of the molecule is C=CCCC(NC(=O)CCOC)C(=O)O. The lowest BCUT2D eigenvalue weighted by atomic mass is 10.1. The zero-order chi connectivity index (χ0) is 11.7. The van der Waals surface area contributed by atoms with E-state index >= 15 is 0 Å². The highest BCUT2D eigenvalue weighted by Crippen LogP contribution is 1.99. The van der Waals surface area contributed by atoms with E-state index in [2.05, 4.69) is 11.9 Å². The Morgan fingerprint density at radius 1 is 1.60 bits per heavy atom. The standard InChI is InChI=1S/C10H17NO4/c1-3-4-5-8(10(13)14)11-9(12)6-7-15-2/h3,8H,1,4-7H2,2H3,(H,11,12)(H,13,14). The summed E-state index contributed by atoms with van der Waals surface area (Å²) in [6.45, 7) is 3.79. The molecule has 1 amide bonds. The molecule has 5 nitrogen and oxygen atoms in total. The largest absolute Gasteiger partial charge is 0.480 e. The molecule has 0 rings (SSSR count). The lowest BCUT2D eigenvalue weighted by molar-refractivity contribution is -0.142. The molecule has 86 valence electrons. The lowest BCUT2D eigenvalue weighted by Gasteiger charge is -2.13. The van der Waals surface area contributed by atoms with Crippen molar-refractivity contribution in [1.29, 1.82) is 0 Å². The van der Waals surface area contributed by atoms with Crippen LogP contribution in [0.1, 0.15) is 19.3 Å². The van der Waals surface area contributed by atoms with Crippen molar-refractivity contribution in [3.63, 3.8) is 0 Å². The first-order chi connectivity index (χ1) is 7.11. The van der Waals surface area contributed by atoms with E-state index in [0.29, 0.717) is 19.4 Å². The molecule has 0 radical (unpaired) electrons. The number of amides is 1. The summed E-state index contributed by atoms with van der Waals surface area (Å²) >= 11 is 0. The van der Waals surface area contributed by atoms with Crippen molar-refractivity contribution in [2.24, 2.45) is 0 Å². The number of carbonyl (C=O) groups is 2. The minimum Gasteiger partial charge on any atom is -0.480 e. The van der Waals surface area contributed by atoms with Gasteiger partial charge in [-0.2, -0.15) is 0 Å². The predicted octanol–water partition coefficient (Wildman–Crippen LogP) is 0.558. The van der Waals surface area contributed by atoms with Gasteiger partial charge < -0.3 is 15.2 Å². The van der Waals surface area contributed by atoms with Gasteiger partial charge in [0.05, 0.1) is 6.61 Å². The number of carbonyl (C=O) groups excluding carboxylic acids is 1. The quantitative estimate of drug-likeness (QED) is 0.580. The van der Waals surface area contributed by atoms with Crippen LogP contribution in [0.5, 0.6) is 0 Å². The number of ether oxygens (including phenoxy) is 1. The van der Waals surface area contributed by atoms with Gasteiger partial charge in [-0.25, -0.2) is 4.79 Å². The van der Waals surface area contributed by atoms with Gasteiger partial charge in [-0.05, 0) is 12.8 Å². The molecule has 0 aromatic carbocycles. The van der Waals surface area contributed by atoms with Crippen LogP contribution in [0, 0.1) is 0 Å². The highest BCUT2D eigenvalue weighted by atomic mass is 16.5. The summed E-state index contributed by atoms with van der Waals surface area (Å²) in [4.78, 5) is 21.9. The van der Waals surface area contributed by atoms with Crippen LogP contribution in [0.4, 0.5) is 0 Å². The second-order valence-corrected chi connectivity index (χ2v) is 3.07. The molecule has 0 aliphatic carbocycles. The Kier molecular flexibility index (Phi) is 7.27. The summed E-state index contributed by atoms with van der Waals surface area (Å²) < 4.78 is 4.71. The van der Waals surface area contributed by atoms with Crippen LogP contribution in [0.25, 0.3) is 0 Å². The van der Waals surface area contributed by atoms with E-state index in [1.807, 2.05) is 0 Å². The van der Waals surface area contributed by atoms with Crippen LogP contribution in [0.2, 0.25) is 0 Å². The van der Waals surface area contributed by atoms with Crippen LogP contribution < -0.4 is 5.32 Å². The molecule has 1 unspecified atom stereocenters. The van der Waals surface area contributed by atoms with E-state index in [9.17, 15) is 9.59 Å². The van der Waals surface area contributed by atoms with Crippen molar-refractivity contribution in [1.82, 2.24) is 5.32 Å². The Bertz CT molecular complexity index is 227. The fourth-order valence-electron chi connectivity index (χ4n) is 1.00. The molecule has 0 aromatic heterocycles. The Labute approximate surface area is 89.1 Å². The van der Waals surface area contributed by atoms with Crippen LogP contribution in [-0.2, 0) is 14.3 Å². The molecule has 15 heavy (non-hydrogen) atoms. The van der Waals surface area contributed by atoms with Crippen molar-refractivity contribution in [3.8, 4) is 0 Å². The van der Waals surface area contributed by atoms with Crippen molar-refractivity contribution in [3.05, 3.63) is 12.7 Å². The van der Waals surface area contributed by atoms with Crippen molar-refractivity contribution < 1.29 is 19.4 Å². The number of carboxylic acids is 1. The molecule has 2 N–H and O–H groups in total. The van der Waals surface area contributed by atoms with Gasteiger partial charge in [0.25, 0.3) is 0 Å². The molecule has 1 atom stereocenters. The molecule has 0 saturated carbocycles. The van der Waals surface area contributed by atoms with Gasteiger partial charge >= 0.3 is 5.97 Å². The molecule has 0 bridgehead atoms. The monoisotopic (exact) mass is 215 g/mol. The van der Waals surface area contributed by atoms with Gasteiger partial charge in [-0.15, -0.1) is 6.58 Å². The molecule has 0 spiro atoms. The zero-order valence-corrected chi connectivity index (χ0v) is 8.86. The maximum Gasteiger partial charge on any atom is 0.326 e. The van der Waals surface area contributed by atoms with E-state index in [1.54, 1.807) is 6.08 Å². The minimum absolute atomic E-state index is 0.175. The Morgan fingerprint density at radius 2 is 2.27 bits per heavy atom. The first-order valence-corrected chi connectivity index (χ1v) is 4.73. The minimum atomic E-state index is -1.03. The summed E-state index contributed by atoms with van der Waals surface area (Å²) in [5.74, 6) is -1.34. The Hall–Kier alpha value is -1.36. The van der Waals surface area contributed by atoms with Crippen molar-refractivity contribution >= 4 is 11.9 Å². The third-order valence-corrected chi connectivity index (χ3v) is 1.83. The number of hydrogen-bond acceptors (Lipinski definition) is 3. The highest BCUT2D eigenvalue weighted by Gasteiger charge is 2.18. The maximum absolute atomic E-state index is 11.2. The van der Waals surface area contributed by atoms with Crippen LogP contribution in [-0.4, -0.2) is 36.7 Å². The summed E-state index contributed by atoms with van der Waals surface area (Å²) in [7, 11) is 1.49. The number of nitrogens with one attached hydrogen (secondary N) is 1. The first kappa shape index (κ1) is 13.6. The summed E-state index contributed by atoms with van der Waals surface area (Å²) in [5, 5.41) is 11.2. The molecule has 0 heterocycles. The number of allylic oxidation sites excluding steroid dienone is 1. The smallest absolute Gasteiger partial charge is 0.326 e. The van der Waals surface area contributed by atoms with Gasteiger partial charge in [0, 0.05) is 13.5 Å². The zero-order valence-electron chi connectivity index (χ0n) is 8.86. The van der Waals surface area contributed by atoms with Crippen molar-refractivity contribution in [2.45, 2.75) is 25.3 Å². The molecular weight excluding hydrogens is 198 g/mol. The summed E-state index contributed by atoms with van der Waals surface area (Å²) in [6.07, 6.45) is 2.71. The molecular formula is C10H17NO4. The number of aliphatic carboxylic acids is 1. The normalized spacial score (nSPS) is 11.8. The Morgan fingerprint density at radius 3 is 2.73 bits per heavy atom. The van der Waals surface area contributed by atoms with E-state index in [0.717, 1.165) is 0 Å². The highest BCUT2D eigenvalue weighted by molar-refractivity contribution is 5.83. The topological polar surface area (TPSA) is 75.6 Å². The third kappa shape index (κ3) is 6.68. The lowest BCUT2D eigenvalue weighted by Crippen LogP contribution is -2.40. The fraction of sp³-hybridized carbons (Fsp3) is 0.600. The second kappa shape index (κ2) is 7.99. The molecule has 0 aliphatic heterocycles. The van der Waals surface area contributed by atoms with Gasteiger partial charge in [0.1, 0.15) is 6.04 Å². The summed E-state index contributed by atoms with van der Waals surface area (Å²) in [5.41, 5.74) is 0. The van der Waals surface area contributed by atoms with Gasteiger partial charge in [0.15, 0.2) is 0 Å². The van der Waals surface area contributed by atoms with Crippen LogP contribution >= 0.6 is 0 Å². The molecule has 5 heteroatoms. The van der Waals surface area contributed by atoms with Gasteiger partial charge in [-0.1, -0.05) is 6.08 Å². The third-order valence-electron chi connectivity index (χ3n) is 1.83. The van der Waals surface area contributed by atoms with Crippen LogP contribution in [0.15, 0.2) is 12.7 Å². The van der Waals surface area contributed by atoms with E-state index in [4.69, 9.17) is 9.84 Å².